The smallest absolute Gasteiger partial charge is 0.138 e. The van der Waals surface area contributed by atoms with Crippen molar-refractivity contribution in [3.63, 3.8) is 0 Å². The summed E-state index contributed by atoms with van der Waals surface area (Å²) < 4.78 is 5.70. The van der Waals surface area contributed by atoms with E-state index in [1.807, 2.05) is 37.3 Å². The molecule has 0 atom stereocenters. The van der Waals surface area contributed by atoms with Crippen molar-refractivity contribution in [1.82, 2.24) is 15.3 Å². The largest absolute Gasteiger partial charge is 0.486 e. The Labute approximate surface area is 126 Å². The third-order valence-electron chi connectivity index (χ3n) is 2.99. The fraction of sp³-hybridized carbons (Fsp3) is 0.412. The molecule has 0 aliphatic heterocycles. The van der Waals surface area contributed by atoms with Crippen LogP contribution in [0.3, 0.4) is 0 Å². The zero-order valence-electron chi connectivity index (χ0n) is 13.0. The Morgan fingerprint density at radius 1 is 1.14 bits per heavy atom. The molecule has 2 aromatic rings. The number of nitrogens with zero attached hydrogens (tertiary/aromatic N) is 2. The highest BCUT2D eigenvalue weighted by atomic mass is 16.5. The third kappa shape index (κ3) is 5.52. The number of pyridine rings is 2. The van der Waals surface area contributed by atoms with E-state index in [0.29, 0.717) is 12.5 Å². The van der Waals surface area contributed by atoms with Crippen molar-refractivity contribution < 1.29 is 4.74 Å². The summed E-state index contributed by atoms with van der Waals surface area (Å²) in [6, 6.07) is 9.90. The van der Waals surface area contributed by atoms with Crippen molar-refractivity contribution in [2.45, 2.75) is 33.9 Å². The Bertz CT molecular complexity index is 552. The summed E-state index contributed by atoms with van der Waals surface area (Å²) in [5, 5.41) is 3.40. The van der Waals surface area contributed by atoms with E-state index in [2.05, 4.69) is 29.1 Å². The number of hydrogen-bond acceptors (Lipinski definition) is 4. The van der Waals surface area contributed by atoms with Crippen LogP contribution < -0.4 is 10.1 Å². The van der Waals surface area contributed by atoms with Crippen LogP contribution in [0.25, 0.3) is 0 Å². The van der Waals surface area contributed by atoms with Crippen molar-refractivity contribution in [2.24, 2.45) is 5.92 Å². The highest BCUT2D eigenvalue weighted by molar-refractivity contribution is 5.20. The van der Waals surface area contributed by atoms with Crippen LogP contribution in [0.2, 0.25) is 0 Å². The molecule has 1 N–H and O–H groups in total. The van der Waals surface area contributed by atoms with Crippen LogP contribution in [0.1, 0.15) is 30.9 Å². The summed E-state index contributed by atoms with van der Waals surface area (Å²) in [6.45, 7) is 8.60. The third-order valence-corrected chi connectivity index (χ3v) is 2.99. The summed E-state index contributed by atoms with van der Waals surface area (Å²) in [4.78, 5) is 8.80. The molecule has 2 aromatic heterocycles. The molecule has 0 amide bonds. The molecule has 0 saturated carbocycles. The lowest BCUT2D eigenvalue weighted by atomic mass is 10.2. The molecule has 112 valence electrons. The van der Waals surface area contributed by atoms with Gasteiger partial charge in [0.1, 0.15) is 12.4 Å². The van der Waals surface area contributed by atoms with Gasteiger partial charge >= 0.3 is 0 Å². The number of rotatable bonds is 7. The summed E-state index contributed by atoms with van der Waals surface area (Å²) in [5.74, 6) is 1.41. The van der Waals surface area contributed by atoms with Crippen molar-refractivity contribution in [1.29, 1.82) is 0 Å². The Morgan fingerprint density at radius 2 is 1.95 bits per heavy atom. The second-order valence-corrected chi connectivity index (χ2v) is 5.57. The van der Waals surface area contributed by atoms with Gasteiger partial charge < -0.3 is 10.1 Å². The van der Waals surface area contributed by atoms with Crippen LogP contribution >= 0.6 is 0 Å². The summed E-state index contributed by atoms with van der Waals surface area (Å²) in [5.41, 5.74) is 2.96. The number of aryl methyl sites for hydroxylation is 1. The molecule has 21 heavy (non-hydrogen) atoms. The summed E-state index contributed by atoms with van der Waals surface area (Å²) >= 11 is 0. The van der Waals surface area contributed by atoms with Gasteiger partial charge in [0.2, 0.25) is 0 Å². The minimum absolute atomic E-state index is 0.461. The maximum atomic E-state index is 5.70. The van der Waals surface area contributed by atoms with E-state index in [4.69, 9.17) is 4.74 Å². The second-order valence-electron chi connectivity index (χ2n) is 5.57. The molecule has 0 bridgehead atoms. The predicted octanol–water partition coefficient (Wildman–Crippen LogP) is 3.11. The topological polar surface area (TPSA) is 47.0 Å². The molecule has 0 saturated heterocycles. The first-order valence-electron chi connectivity index (χ1n) is 7.34. The van der Waals surface area contributed by atoms with E-state index in [-0.39, 0.29) is 0 Å². The molecular formula is C17H23N3O. The van der Waals surface area contributed by atoms with Crippen molar-refractivity contribution in [2.75, 3.05) is 6.54 Å². The molecule has 2 heterocycles. The normalized spacial score (nSPS) is 10.9. The maximum Gasteiger partial charge on any atom is 0.138 e. The van der Waals surface area contributed by atoms with Gasteiger partial charge in [0, 0.05) is 12.2 Å². The lowest BCUT2D eigenvalue weighted by molar-refractivity contribution is 0.299. The average Bonchev–Trinajstić information content (AvgIpc) is 2.47. The molecule has 4 heteroatoms. The van der Waals surface area contributed by atoms with E-state index in [1.54, 1.807) is 6.20 Å². The SMILES string of the molecule is Cc1ccc(OCc2cccc(CNCC(C)C)n2)cn1. The van der Waals surface area contributed by atoms with Crippen molar-refractivity contribution >= 4 is 0 Å². The Kier molecular flexibility index (Phi) is 5.69. The molecular weight excluding hydrogens is 262 g/mol. The Hall–Kier alpha value is -1.94. The van der Waals surface area contributed by atoms with Crippen LogP contribution in [0.15, 0.2) is 36.5 Å². The fourth-order valence-electron chi connectivity index (χ4n) is 1.89. The zero-order chi connectivity index (χ0) is 15.1. The van der Waals surface area contributed by atoms with Gasteiger partial charge in [0.15, 0.2) is 0 Å². The highest BCUT2D eigenvalue weighted by Crippen LogP contribution is 2.11. The molecule has 0 aromatic carbocycles. The molecule has 0 fully saturated rings. The monoisotopic (exact) mass is 285 g/mol. The molecule has 4 nitrogen and oxygen atoms in total. The molecule has 0 unspecified atom stereocenters. The number of nitrogens with one attached hydrogen (secondary N) is 1. The first-order valence-corrected chi connectivity index (χ1v) is 7.34. The molecule has 2 rings (SSSR count). The van der Waals surface area contributed by atoms with Crippen molar-refractivity contribution in [3.8, 4) is 5.75 Å². The van der Waals surface area contributed by atoms with E-state index in [0.717, 1.165) is 35.9 Å². The van der Waals surface area contributed by atoms with E-state index < -0.39 is 0 Å². The van der Waals surface area contributed by atoms with E-state index in [9.17, 15) is 0 Å². The highest BCUT2D eigenvalue weighted by Gasteiger charge is 2.01. The van der Waals surface area contributed by atoms with E-state index in [1.165, 1.54) is 0 Å². The van der Waals surface area contributed by atoms with Gasteiger partial charge in [-0.2, -0.15) is 0 Å². The average molecular weight is 285 g/mol. The minimum Gasteiger partial charge on any atom is -0.486 e. The second kappa shape index (κ2) is 7.74. The zero-order valence-corrected chi connectivity index (χ0v) is 13.0. The predicted molar refractivity (Wildman–Crippen MR) is 84.1 cm³/mol. The molecule has 0 radical (unpaired) electrons. The van der Waals surface area contributed by atoms with Crippen molar-refractivity contribution in [3.05, 3.63) is 53.6 Å². The first-order chi connectivity index (χ1) is 10.1. The number of aromatic nitrogens is 2. The van der Waals surface area contributed by atoms with Gasteiger partial charge in [-0.3, -0.25) is 9.97 Å². The summed E-state index contributed by atoms with van der Waals surface area (Å²) in [7, 11) is 0. The van der Waals surface area contributed by atoms with Gasteiger partial charge in [-0.25, -0.2) is 0 Å². The maximum absolute atomic E-state index is 5.70. The Balaban J connectivity index is 1.87. The van der Waals surface area contributed by atoms with Crippen LogP contribution in [-0.4, -0.2) is 16.5 Å². The van der Waals surface area contributed by atoms with Crippen LogP contribution in [0, 0.1) is 12.8 Å². The first kappa shape index (κ1) is 15.4. The van der Waals surface area contributed by atoms with Gasteiger partial charge in [-0.15, -0.1) is 0 Å². The van der Waals surface area contributed by atoms with Gasteiger partial charge in [0.25, 0.3) is 0 Å². The van der Waals surface area contributed by atoms with E-state index >= 15 is 0 Å². The Morgan fingerprint density at radius 3 is 2.67 bits per heavy atom. The number of ether oxygens (including phenoxy) is 1. The molecule has 0 aliphatic rings. The molecule has 0 aliphatic carbocycles. The lowest BCUT2D eigenvalue weighted by Crippen LogP contribution is -2.19. The quantitative estimate of drug-likeness (QED) is 0.849. The van der Waals surface area contributed by atoms with Crippen LogP contribution in [0.5, 0.6) is 5.75 Å². The van der Waals surface area contributed by atoms with Gasteiger partial charge in [0.05, 0.1) is 17.6 Å². The van der Waals surface area contributed by atoms with Gasteiger partial charge in [-0.1, -0.05) is 19.9 Å². The lowest BCUT2D eigenvalue weighted by Gasteiger charge is -2.09. The van der Waals surface area contributed by atoms with Gasteiger partial charge in [-0.05, 0) is 43.7 Å². The minimum atomic E-state index is 0.461. The molecule has 0 spiro atoms. The summed E-state index contributed by atoms with van der Waals surface area (Å²) in [6.07, 6.45) is 1.74. The van der Waals surface area contributed by atoms with Crippen LogP contribution in [0.4, 0.5) is 0 Å². The fourth-order valence-corrected chi connectivity index (χ4v) is 1.89. The van der Waals surface area contributed by atoms with Crippen LogP contribution in [-0.2, 0) is 13.2 Å². The standard InChI is InChI=1S/C17H23N3O/c1-13(2)9-18-10-15-5-4-6-16(20-15)12-21-17-8-7-14(3)19-11-17/h4-8,11,13,18H,9-10,12H2,1-3H3. The number of hydrogen-bond donors (Lipinski definition) is 1.